The molecule has 6 rings (SSSR count). The fourth-order valence-electron chi connectivity index (χ4n) is 4.44. The van der Waals surface area contributed by atoms with E-state index in [0.717, 1.165) is 16.5 Å². The van der Waals surface area contributed by atoms with Gasteiger partial charge in [-0.15, -0.1) is 0 Å². The molecule has 4 N–H and O–H groups in total. The molecule has 3 aromatic heterocycles. The van der Waals surface area contributed by atoms with Crippen LogP contribution in [0.5, 0.6) is 0 Å². The summed E-state index contributed by atoms with van der Waals surface area (Å²) < 4.78 is 3.31. The number of hydrogen-bond donors (Lipinski definition) is 3. The molecule has 0 radical (unpaired) electrons. The van der Waals surface area contributed by atoms with E-state index in [4.69, 9.17) is 5.73 Å². The first kappa shape index (κ1) is 20.6. The summed E-state index contributed by atoms with van der Waals surface area (Å²) in [6.45, 7) is 0. The number of hydrogen-bond acceptors (Lipinski definition) is 7. The van der Waals surface area contributed by atoms with Crippen LogP contribution in [0.3, 0.4) is 0 Å². The van der Waals surface area contributed by atoms with Gasteiger partial charge in [-0.1, -0.05) is 36.4 Å². The van der Waals surface area contributed by atoms with E-state index in [0.29, 0.717) is 22.6 Å². The van der Waals surface area contributed by atoms with E-state index in [-0.39, 0.29) is 23.0 Å². The minimum atomic E-state index is -0.733. The number of amides is 1. The Labute approximate surface area is 199 Å². The summed E-state index contributed by atoms with van der Waals surface area (Å²) in [6.07, 6.45) is 4.25. The topological polar surface area (TPSA) is 133 Å². The van der Waals surface area contributed by atoms with Gasteiger partial charge >= 0.3 is 0 Å². The lowest BCUT2D eigenvalue weighted by Gasteiger charge is -2.29. The molecule has 1 aliphatic heterocycles. The number of nitrogen functional groups attached to an aromatic ring is 1. The second kappa shape index (κ2) is 7.80. The lowest BCUT2D eigenvalue weighted by molar-refractivity contribution is 0.0933. The molecule has 0 spiro atoms. The number of nitrogens with zero attached hydrogens (tertiary/aromatic N) is 5. The number of aromatic nitrogens is 5. The van der Waals surface area contributed by atoms with Crippen LogP contribution in [0.4, 0.5) is 11.8 Å². The van der Waals surface area contributed by atoms with Crippen LogP contribution in [0.15, 0.2) is 78.0 Å². The molecule has 1 aliphatic rings. The molecule has 0 saturated carbocycles. The third-order valence-electron chi connectivity index (χ3n) is 6.01. The first-order valence-corrected chi connectivity index (χ1v) is 10.9. The van der Waals surface area contributed by atoms with Crippen molar-refractivity contribution in [1.29, 1.82) is 0 Å². The van der Waals surface area contributed by atoms with Crippen LogP contribution < -0.4 is 21.9 Å². The van der Waals surface area contributed by atoms with Gasteiger partial charge in [0.2, 0.25) is 5.95 Å². The summed E-state index contributed by atoms with van der Waals surface area (Å²) in [4.78, 5) is 35.1. The standard InChI is InChI=1S/C25H20N8O2/c1-32-13-15(11-28-32)17-9-5-6-14-10-19(33(24(35)20(14)17)16-7-3-2-4-8-16)22-29-21-18(23(34)30-22)12-27-25(26)31-21/h2-13,22H,1H3,(H,30,34)(H3,26,27,29,31)/t22-/m0/s1. The van der Waals surface area contributed by atoms with Crippen LogP contribution in [0, 0.1) is 0 Å². The Morgan fingerprint density at radius 1 is 0.971 bits per heavy atom. The van der Waals surface area contributed by atoms with Gasteiger partial charge in [0.05, 0.1) is 17.3 Å². The number of anilines is 2. The predicted molar refractivity (Wildman–Crippen MR) is 132 cm³/mol. The molecule has 0 fully saturated rings. The number of benzene rings is 2. The highest BCUT2D eigenvalue weighted by Crippen LogP contribution is 2.31. The van der Waals surface area contributed by atoms with E-state index >= 15 is 0 Å². The maximum absolute atomic E-state index is 14.1. The Balaban J connectivity index is 1.62. The van der Waals surface area contributed by atoms with Crippen molar-refractivity contribution in [3.8, 4) is 16.8 Å². The van der Waals surface area contributed by atoms with Crippen LogP contribution in [-0.4, -0.2) is 30.2 Å². The molecule has 0 unspecified atom stereocenters. The van der Waals surface area contributed by atoms with Gasteiger partial charge in [-0.05, 0) is 29.1 Å². The van der Waals surface area contributed by atoms with Gasteiger partial charge in [-0.2, -0.15) is 10.1 Å². The van der Waals surface area contributed by atoms with Gasteiger partial charge in [0.15, 0.2) is 0 Å². The van der Waals surface area contributed by atoms with Crippen molar-refractivity contribution in [2.45, 2.75) is 6.17 Å². The Morgan fingerprint density at radius 3 is 2.57 bits per heavy atom. The fraction of sp³-hybridized carbons (Fsp3) is 0.0800. The number of aryl methyl sites for hydroxylation is 1. The Kier molecular flexibility index (Phi) is 4.59. The smallest absolute Gasteiger partial charge is 0.263 e. The third-order valence-corrected chi connectivity index (χ3v) is 6.01. The van der Waals surface area contributed by atoms with Crippen LogP contribution in [0.2, 0.25) is 0 Å². The second-order valence-electron chi connectivity index (χ2n) is 8.26. The highest BCUT2D eigenvalue weighted by atomic mass is 16.2. The lowest BCUT2D eigenvalue weighted by atomic mass is 10.00. The van der Waals surface area contributed by atoms with Gasteiger partial charge in [0.25, 0.3) is 11.5 Å². The Bertz CT molecular complexity index is 1670. The zero-order valence-electron chi connectivity index (χ0n) is 18.6. The molecule has 10 nitrogen and oxygen atoms in total. The molecule has 2 aromatic carbocycles. The molecule has 1 atom stereocenters. The number of para-hydroxylation sites is 1. The number of carbonyl (C=O) groups is 1. The van der Waals surface area contributed by atoms with Crippen molar-refractivity contribution in [1.82, 2.24) is 29.6 Å². The molecule has 172 valence electrons. The van der Waals surface area contributed by atoms with Crippen LogP contribution in [-0.2, 0) is 7.05 Å². The molecule has 4 heterocycles. The average molecular weight is 464 g/mol. The summed E-state index contributed by atoms with van der Waals surface area (Å²) in [5, 5.41) is 11.7. The van der Waals surface area contributed by atoms with E-state index in [1.807, 2.05) is 67.8 Å². The van der Waals surface area contributed by atoms with E-state index in [9.17, 15) is 9.59 Å². The third kappa shape index (κ3) is 3.39. The number of nitrogens with two attached hydrogens (primary N) is 1. The SMILES string of the molecule is Cn1cc(-c2cccc3cc([C@@H]4NC(=O)c5cnc(N)nc5N4)n(-c4ccccc4)c(=O)c23)cn1. The molecule has 10 heteroatoms. The number of pyridine rings is 1. The molecule has 0 aliphatic carbocycles. The summed E-state index contributed by atoms with van der Waals surface area (Å²) in [5.41, 5.74) is 8.65. The maximum Gasteiger partial charge on any atom is 0.263 e. The minimum Gasteiger partial charge on any atom is -0.368 e. The predicted octanol–water partition coefficient (Wildman–Crippen LogP) is 2.62. The average Bonchev–Trinajstić information content (AvgIpc) is 3.29. The van der Waals surface area contributed by atoms with Crippen LogP contribution >= 0.6 is 0 Å². The summed E-state index contributed by atoms with van der Waals surface area (Å²) >= 11 is 0. The van der Waals surface area contributed by atoms with Gasteiger partial charge < -0.3 is 16.4 Å². The van der Waals surface area contributed by atoms with Crippen LogP contribution in [0.25, 0.3) is 27.6 Å². The highest BCUT2D eigenvalue weighted by molar-refractivity contribution is 6.01. The van der Waals surface area contributed by atoms with Gasteiger partial charge in [0, 0.05) is 30.7 Å². The number of carbonyl (C=O) groups excluding carboxylic acids is 1. The quantitative estimate of drug-likeness (QED) is 0.374. The monoisotopic (exact) mass is 464 g/mol. The van der Waals surface area contributed by atoms with Crippen molar-refractivity contribution in [2.75, 3.05) is 11.1 Å². The van der Waals surface area contributed by atoms with Crippen molar-refractivity contribution in [3.63, 3.8) is 0 Å². The molecular formula is C25H20N8O2. The molecule has 0 saturated heterocycles. The van der Waals surface area contributed by atoms with E-state index < -0.39 is 6.17 Å². The maximum atomic E-state index is 14.1. The first-order valence-electron chi connectivity index (χ1n) is 10.9. The normalized spacial score (nSPS) is 14.9. The summed E-state index contributed by atoms with van der Waals surface area (Å²) in [5.74, 6) is -0.00712. The van der Waals surface area contributed by atoms with Gasteiger partial charge in [-0.25, -0.2) is 4.98 Å². The highest BCUT2D eigenvalue weighted by Gasteiger charge is 2.29. The van der Waals surface area contributed by atoms with Crippen molar-refractivity contribution in [3.05, 3.63) is 94.8 Å². The molecule has 1 amide bonds. The van der Waals surface area contributed by atoms with Crippen molar-refractivity contribution in [2.24, 2.45) is 7.05 Å². The van der Waals surface area contributed by atoms with E-state index in [1.165, 1.54) is 6.20 Å². The summed E-state index contributed by atoms with van der Waals surface area (Å²) in [6, 6.07) is 16.9. The van der Waals surface area contributed by atoms with Crippen LogP contribution in [0.1, 0.15) is 22.2 Å². The lowest BCUT2D eigenvalue weighted by Crippen LogP contribution is -2.41. The van der Waals surface area contributed by atoms with E-state index in [2.05, 4.69) is 25.7 Å². The van der Waals surface area contributed by atoms with E-state index in [1.54, 1.807) is 15.4 Å². The summed E-state index contributed by atoms with van der Waals surface area (Å²) in [7, 11) is 1.83. The second-order valence-corrected chi connectivity index (χ2v) is 8.26. The number of rotatable bonds is 3. The van der Waals surface area contributed by atoms with Crippen molar-refractivity contribution >= 4 is 28.4 Å². The number of fused-ring (bicyclic) bond motifs is 2. The number of nitrogens with one attached hydrogen (secondary N) is 2. The molecule has 0 bridgehead atoms. The largest absolute Gasteiger partial charge is 0.368 e. The fourth-order valence-corrected chi connectivity index (χ4v) is 4.44. The zero-order chi connectivity index (χ0) is 24.1. The molecule has 5 aromatic rings. The Morgan fingerprint density at radius 2 is 1.80 bits per heavy atom. The van der Waals surface area contributed by atoms with Gasteiger partial charge in [0.1, 0.15) is 17.5 Å². The first-order chi connectivity index (χ1) is 17.0. The van der Waals surface area contributed by atoms with Crippen molar-refractivity contribution < 1.29 is 4.79 Å². The molecular weight excluding hydrogens is 444 g/mol. The zero-order valence-corrected chi connectivity index (χ0v) is 18.6. The van der Waals surface area contributed by atoms with Gasteiger partial charge in [-0.3, -0.25) is 18.8 Å². The molecule has 35 heavy (non-hydrogen) atoms. The minimum absolute atomic E-state index is 0.0461. The Hall–Kier alpha value is -4.99.